The molecule has 0 aromatic heterocycles. The molecule has 0 bridgehead atoms. The normalized spacial score (nSPS) is 15.9. The smallest absolute Gasteiger partial charge is 0.271 e. The molecule has 0 radical (unpaired) electrons. The molecule has 1 aromatic carbocycles. The number of hydrogen-bond donors (Lipinski definition) is 1. The zero-order chi connectivity index (χ0) is 15.2. The van der Waals surface area contributed by atoms with Crippen molar-refractivity contribution in [1.29, 1.82) is 0 Å². The highest BCUT2D eigenvalue weighted by molar-refractivity contribution is 5.95. The highest BCUT2D eigenvalue weighted by Crippen LogP contribution is 2.13. The van der Waals surface area contributed by atoms with Gasteiger partial charge in [-0.1, -0.05) is 6.07 Å². The summed E-state index contributed by atoms with van der Waals surface area (Å²) in [4.78, 5) is 14.5. The van der Waals surface area contributed by atoms with E-state index in [4.69, 9.17) is 4.74 Å². The van der Waals surface area contributed by atoms with Crippen LogP contribution < -0.4 is 10.2 Å². The van der Waals surface area contributed by atoms with Gasteiger partial charge in [-0.3, -0.25) is 4.79 Å². The first-order valence-corrected chi connectivity index (χ1v) is 7.34. The lowest BCUT2D eigenvalue weighted by atomic mass is 10.1. The molecule has 1 aliphatic rings. The van der Waals surface area contributed by atoms with Crippen LogP contribution in [0.2, 0.25) is 0 Å². The summed E-state index contributed by atoms with van der Waals surface area (Å²) < 4.78 is 5.11. The van der Waals surface area contributed by atoms with Crippen molar-refractivity contribution < 1.29 is 9.53 Å². The maximum Gasteiger partial charge on any atom is 0.271 e. The van der Waals surface area contributed by atoms with E-state index >= 15 is 0 Å². The molecule has 0 atom stereocenters. The van der Waals surface area contributed by atoms with Gasteiger partial charge in [-0.15, -0.1) is 0 Å². The first-order valence-electron chi connectivity index (χ1n) is 7.34. The number of nitrogens with zero attached hydrogens (tertiary/aromatic N) is 2. The van der Waals surface area contributed by atoms with E-state index in [0.717, 1.165) is 31.6 Å². The Balaban J connectivity index is 1.90. The Morgan fingerprint density at radius 3 is 2.67 bits per heavy atom. The highest BCUT2D eigenvalue weighted by atomic mass is 16.5. The van der Waals surface area contributed by atoms with Crippen LogP contribution in [0, 0.1) is 0 Å². The van der Waals surface area contributed by atoms with Gasteiger partial charge in [-0.25, -0.2) is 5.43 Å². The fourth-order valence-corrected chi connectivity index (χ4v) is 2.37. The van der Waals surface area contributed by atoms with E-state index in [-0.39, 0.29) is 5.91 Å². The predicted molar refractivity (Wildman–Crippen MR) is 83.8 cm³/mol. The van der Waals surface area contributed by atoms with Crippen molar-refractivity contribution in [2.75, 3.05) is 20.2 Å². The third kappa shape index (κ3) is 4.29. The molecule has 5 nitrogen and oxygen atoms in total. The van der Waals surface area contributed by atoms with Crippen LogP contribution in [0.25, 0.3) is 0 Å². The molecule has 1 saturated heterocycles. The highest BCUT2D eigenvalue weighted by Gasteiger charge is 2.17. The summed E-state index contributed by atoms with van der Waals surface area (Å²) in [6.45, 7) is 6.41. The Morgan fingerprint density at radius 2 is 2.05 bits per heavy atom. The summed E-state index contributed by atoms with van der Waals surface area (Å²) >= 11 is 0. The second-order valence-electron chi connectivity index (χ2n) is 5.48. The van der Waals surface area contributed by atoms with E-state index in [1.807, 2.05) is 6.07 Å². The summed E-state index contributed by atoms with van der Waals surface area (Å²) in [6.07, 6.45) is 1.83. The summed E-state index contributed by atoms with van der Waals surface area (Å²) in [5.41, 5.74) is 4.25. The average molecular weight is 289 g/mol. The van der Waals surface area contributed by atoms with Gasteiger partial charge < -0.3 is 9.64 Å². The van der Waals surface area contributed by atoms with Crippen molar-refractivity contribution >= 4 is 11.6 Å². The van der Waals surface area contributed by atoms with Gasteiger partial charge >= 0.3 is 0 Å². The third-order valence-electron chi connectivity index (χ3n) is 3.75. The lowest BCUT2D eigenvalue weighted by Crippen LogP contribution is -2.39. The average Bonchev–Trinajstić information content (AvgIpc) is 2.53. The molecule has 5 heteroatoms. The summed E-state index contributed by atoms with van der Waals surface area (Å²) in [6, 6.07) is 7.63. The standard InChI is InChI=1S/C16H23N3O2/c1-12(2)19-9-7-14(8-10-19)17-18-16(20)13-5-4-6-15(11-13)21-3/h4-6,11-12H,7-10H2,1-3H3,(H,18,20). The molecular formula is C16H23N3O2. The number of carbonyl (C=O) groups is 1. The van der Waals surface area contributed by atoms with Crippen LogP contribution >= 0.6 is 0 Å². The third-order valence-corrected chi connectivity index (χ3v) is 3.75. The lowest BCUT2D eigenvalue weighted by Gasteiger charge is -2.30. The fraction of sp³-hybridized carbons (Fsp3) is 0.500. The van der Waals surface area contributed by atoms with Crippen LogP contribution in [0.1, 0.15) is 37.0 Å². The number of benzene rings is 1. The van der Waals surface area contributed by atoms with E-state index in [2.05, 4.69) is 29.3 Å². The minimum Gasteiger partial charge on any atom is -0.497 e. The Hall–Kier alpha value is -1.88. The van der Waals surface area contributed by atoms with Gasteiger partial charge in [0.1, 0.15) is 5.75 Å². The Bertz CT molecular complexity index is 516. The summed E-state index contributed by atoms with van der Waals surface area (Å²) in [5, 5.41) is 4.26. The minimum atomic E-state index is -0.201. The van der Waals surface area contributed by atoms with E-state index < -0.39 is 0 Å². The van der Waals surface area contributed by atoms with Crippen LogP contribution in [0.3, 0.4) is 0 Å². The van der Waals surface area contributed by atoms with Gasteiger partial charge in [0, 0.05) is 43.2 Å². The molecule has 1 N–H and O–H groups in total. The number of piperidine rings is 1. The van der Waals surface area contributed by atoms with E-state index in [1.54, 1.807) is 25.3 Å². The van der Waals surface area contributed by atoms with Gasteiger partial charge in [0.15, 0.2) is 0 Å². The van der Waals surface area contributed by atoms with E-state index in [0.29, 0.717) is 17.4 Å². The summed E-state index contributed by atoms with van der Waals surface area (Å²) in [7, 11) is 1.58. The van der Waals surface area contributed by atoms with Crippen molar-refractivity contribution in [1.82, 2.24) is 10.3 Å². The SMILES string of the molecule is COc1cccc(C(=O)NN=C2CCN(C(C)C)CC2)c1. The van der Waals surface area contributed by atoms with Gasteiger partial charge in [0.2, 0.25) is 0 Å². The van der Waals surface area contributed by atoms with Gasteiger partial charge in [-0.2, -0.15) is 5.10 Å². The second-order valence-corrected chi connectivity index (χ2v) is 5.48. The van der Waals surface area contributed by atoms with Crippen molar-refractivity contribution in [3.63, 3.8) is 0 Å². The zero-order valence-corrected chi connectivity index (χ0v) is 12.9. The Labute approximate surface area is 126 Å². The van der Waals surface area contributed by atoms with Gasteiger partial charge in [-0.05, 0) is 32.0 Å². The number of ether oxygens (including phenoxy) is 1. The number of rotatable bonds is 4. The second kappa shape index (κ2) is 7.22. The maximum absolute atomic E-state index is 12.0. The molecule has 1 aromatic rings. The van der Waals surface area contributed by atoms with Crippen molar-refractivity contribution in [2.45, 2.75) is 32.7 Å². The number of nitrogens with one attached hydrogen (secondary N) is 1. The monoisotopic (exact) mass is 289 g/mol. The number of hydrazone groups is 1. The first-order chi connectivity index (χ1) is 10.1. The zero-order valence-electron chi connectivity index (χ0n) is 12.9. The Kier molecular flexibility index (Phi) is 5.33. The molecule has 0 spiro atoms. The molecule has 1 aliphatic heterocycles. The number of amides is 1. The molecule has 0 aliphatic carbocycles. The predicted octanol–water partition coefficient (Wildman–Crippen LogP) is 2.29. The maximum atomic E-state index is 12.0. The number of methoxy groups -OCH3 is 1. The van der Waals surface area contributed by atoms with Crippen LogP contribution in [-0.2, 0) is 0 Å². The van der Waals surface area contributed by atoms with Crippen molar-refractivity contribution in [3.8, 4) is 5.75 Å². The van der Waals surface area contributed by atoms with Crippen LogP contribution in [0.4, 0.5) is 0 Å². The molecule has 1 fully saturated rings. The molecule has 114 valence electrons. The largest absolute Gasteiger partial charge is 0.497 e. The molecule has 2 rings (SSSR count). The quantitative estimate of drug-likeness (QED) is 0.865. The minimum absolute atomic E-state index is 0.201. The summed E-state index contributed by atoms with van der Waals surface area (Å²) in [5.74, 6) is 0.466. The fourth-order valence-electron chi connectivity index (χ4n) is 2.37. The first kappa shape index (κ1) is 15.5. The van der Waals surface area contributed by atoms with Gasteiger partial charge in [0.05, 0.1) is 7.11 Å². The van der Waals surface area contributed by atoms with Crippen LogP contribution in [0.5, 0.6) is 5.75 Å². The topological polar surface area (TPSA) is 53.9 Å². The van der Waals surface area contributed by atoms with Crippen molar-refractivity contribution in [3.05, 3.63) is 29.8 Å². The molecule has 0 unspecified atom stereocenters. The molecule has 21 heavy (non-hydrogen) atoms. The molecular weight excluding hydrogens is 266 g/mol. The molecule has 0 saturated carbocycles. The van der Waals surface area contributed by atoms with E-state index in [9.17, 15) is 4.79 Å². The number of carbonyl (C=O) groups excluding carboxylic acids is 1. The van der Waals surface area contributed by atoms with Crippen molar-refractivity contribution in [2.24, 2.45) is 5.10 Å². The number of likely N-dealkylation sites (tertiary alicyclic amines) is 1. The van der Waals surface area contributed by atoms with Crippen LogP contribution in [0.15, 0.2) is 29.4 Å². The molecule has 1 amide bonds. The number of hydrogen-bond acceptors (Lipinski definition) is 4. The van der Waals surface area contributed by atoms with Crippen LogP contribution in [-0.4, -0.2) is 42.8 Å². The van der Waals surface area contributed by atoms with Gasteiger partial charge in [0.25, 0.3) is 5.91 Å². The van der Waals surface area contributed by atoms with E-state index in [1.165, 1.54) is 0 Å². The lowest BCUT2D eigenvalue weighted by molar-refractivity contribution is 0.0954. The Morgan fingerprint density at radius 1 is 1.33 bits per heavy atom. The molecule has 1 heterocycles.